The molecule has 19 heavy (non-hydrogen) atoms. The van der Waals surface area contributed by atoms with E-state index in [0.717, 1.165) is 0 Å². The molecule has 1 heterocycles. The van der Waals surface area contributed by atoms with Crippen molar-refractivity contribution in [1.29, 1.82) is 0 Å². The third-order valence-corrected chi connectivity index (χ3v) is 2.86. The number of alkyl halides is 1. The predicted molar refractivity (Wildman–Crippen MR) is 63.7 cm³/mol. The molecule has 0 aliphatic carbocycles. The molecule has 2 rings (SSSR count). The lowest BCUT2D eigenvalue weighted by Crippen LogP contribution is -2.19. The first-order valence-corrected chi connectivity index (χ1v) is 5.89. The highest BCUT2D eigenvalue weighted by molar-refractivity contribution is 5.89. The molecule has 3 atom stereocenters. The van der Waals surface area contributed by atoms with Gasteiger partial charge in [-0.2, -0.15) is 0 Å². The minimum Gasteiger partial charge on any atom is -0.497 e. The van der Waals surface area contributed by atoms with Crippen molar-refractivity contribution in [1.82, 2.24) is 0 Å². The van der Waals surface area contributed by atoms with E-state index in [0.29, 0.717) is 11.3 Å². The maximum atomic E-state index is 13.0. The molecular weight excluding hydrogens is 255 g/mol. The number of aliphatic hydroxyl groups excluding tert-OH is 1. The molecule has 1 aliphatic rings. The molecule has 5 nitrogen and oxygen atoms in total. The fourth-order valence-corrected chi connectivity index (χ4v) is 1.79. The average Bonchev–Trinajstić information content (AvgIpc) is 2.75. The first kappa shape index (κ1) is 13.8. The second-order valence-electron chi connectivity index (χ2n) is 4.23. The van der Waals surface area contributed by atoms with Gasteiger partial charge in [0.1, 0.15) is 12.4 Å². The summed E-state index contributed by atoms with van der Waals surface area (Å²) in [7, 11) is 1.53. The number of ether oxygens (including phenoxy) is 3. The molecule has 1 N–H and O–H groups in total. The number of hydrogen-bond acceptors (Lipinski definition) is 5. The van der Waals surface area contributed by atoms with Crippen molar-refractivity contribution in [2.24, 2.45) is 0 Å². The summed E-state index contributed by atoms with van der Waals surface area (Å²) in [6.07, 6.45) is -3.43. The minimum absolute atomic E-state index is 0.0249. The minimum atomic E-state index is -1.43. The van der Waals surface area contributed by atoms with Crippen LogP contribution in [0.3, 0.4) is 0 Å². The maximum Gasteiger partial charge on any atom is 0.338 e. The van der Waals surface area contributed by atoms with Crippen molar-refractivity contribution in [3.05, 3.63) is 29.8 Å². The molecule has 1 fully saturated rings. The van der Waals surface area contributed by atoms with Crippen LogP contribution in [0, 0.1) is 0 Å². The highest BCUT2D eigenvalue weighted by Crippen LogP contribution is 2.22. The molecule has 0 amide bonds. The summed E-state index contributed by atoms with van der Waals surface area (Å²) in [6.45, 7) is -0.0810. The van der Waals surface area contributed by atoms with E-state index in [4.69, 9.17) is 19.3 Å². The molecule has 1 aliphatic heterocycles. The van der Waals surface area contributed by atoms with E-state index in [1.54, 1.807) is 24.3 Å². The lowest BCUT2D eigenvalue weighted by molar-refractivity contribution is -0.121. The molecule has 0 spiro atoms. The van der Waals surface area contributed by atoms with Gasteiger partial charge in [0.25, 0.3) is 0 Å². The number of carbonyl (C=O) groups is 1. The summed E-state index contributed by atoms with van der Waals surface area (Å²) in [5.74, 6) is 0.113. The van der Waals surface area contributed by atoms with Crippen molar-refractivity contribution in [3.8, 4) is 5.75 Å². The Balaban J connectivity index is 1.84. The molecule has 1 aromatic carbocycles. The van der Waals surface area contributed by atoms with Gasteiger partial charge in [0.15, 0.2) is 12.5 Å². The number of rotatable bonds is 4. The number of hydrogen-bond donors (Lipinski definition) is 1. The summed E-state index contributed by atoms with van der Waals surface area (Å²) in [5.41, 5.74) is 0.371. The van der Waals surface area contributed by atoms with E-state index < -0.39 is 24.5 Å². The van der Waals surface area contributed by atoms with Gasteiger partial charge in [0, 0.05) is 6.42 Å². The third kappa shape index (κ3) is 3.42. The van der Waals surface area contributed by atoms with Gasteiger partial charge in [-0.1, -0.05) is 0 Å². The van der Waals surface area contributed by atoms with E-state index >= 15 is 0 Å². The van der Waals surface area contributed by atoms with Crippen LogP contribution in [0.25, 0.3) is 0 Å². The molecule has 0 bridgehead atoms. The summed E-state index contributed by atoms with van der Waals surface area (Å²) >= 11 is 0. The van der Waals surface area contributed by atoms with Crippen molar-refractivity contribution in [2.45, 2.75) is 25.0 Å². The highest BCUT2D eigenvalue weighted by Gasteiger charge is 2.34. The molecule has 0 aromatic heterocycles. The molecule has 0 saturated carbocycles. The Kier molecular flexibility index (Phi) is 4.34. The van der Waals surface area contributed by atoms with Crippen molar-refractivity contribution >= 4 is 5.97 Å². The Labute approximate surface area is 109 Å². The second kappa shape index (κ2) is 5.99. The van der Waals surface area contributed by atoms with Crippen LogP contribution in [0.15, 0.2) is 24.3 Å². The van der Waals surface area contributed by atoms with Crippen LogP contribution >= 0.6 is 0 Å². The van der Waals surface area contributed by atoms with Crippen molar-refractivity contribution in [3.63, 3.8) is 0 Å². The number of esters is 1. The van der Waals surface area contributed by atoms with Crippen LogP contribution in [-0.4, -0.2) is 43.4 Å². The Morgan fingerprint density at radius 2 is 2.16 bits per heavy atom. The summed E-state index contributed by atoms with van der Waals surface area (Å²) in [5, 5.41) is 9.06. The molecule has 104 valence electrons. The van der Waals surface area contributed by atoms with Crippen LogP contribution in [-0.2, 0) is 9.47 Å². The summed E-state index contributed by atoms with van der Waals surface area (Å²) in [4.78, 5) is 11.7. The largest absolute Gasteiger partial charge is 0.497 e. The zero-order chi connectivity index (χ0) is 13.8. The predicted octanol–water partition coefficient (Wildman–Crippen LogP) is 1.30. The molecule has 1 saturated heterocycles. The van der Waals surface area contributed by atoms with E-state index in [2.05, 4.69) is 0 Å². The fraction of sp³-hybridized carbons (Fsp3) is 0.462. The van der Waals surface area contributed by atoms with Gasteiger partial charge in [0.05, 0.1) is 18.8 Å². The molecule has 6 heteroatoms. The monoisotopic (exact) mass is 270 g/mol. The van der Waals surface area contributed by atoms with E-state index in [9.17, 15) is 9.18 Å². The lowest BCUT2D eigenvalue weighted by atomic mass is 10.2. The Morgan fingerprint density at radius 3 is 2.68 bits per heavy atom. The van der Waals surface area contributed by atoms with Gasteiger partial charge in [-0.05, 0) is 24.3 Å². The lowest BCUT2D eigenvalue weighted by Gasteiger charge is -2.10. The average molecular weight is 270 g/mol. The smallest absolute Gasteiger partial charge is 0.338 e. The molecular formula is C13H15FO5. The number of benzene rings is 1. The van der Waals surface area contributed by atoms with E-state index in [-0.39, 0.29) is 13.0 Å². The van der Waals surface area contributed by atoms with Crippen molar-refractivity contribution in [2.75, 3.05) is 13.7 Å². The van der Waals surface area contributed by atoms with Gasteiger partial charge in [-0.15, -0.1) is 0 Å². The quantitative estimate of drug-likeness (QED) is 0.835. The summed E-state index contributed by atoms with van der Waals surface area (Å²) < 4.78 is 27.8. The molecule has 3 unspecified atom stereocenters. The number of carbonyl (C=O) groups excluding carboxylic acids is 1. The van der Waals surface area contributed by atoms with Crippen LogP contribution in [0.1, 0.15) is 16.8 Å². The van der Waals surface area contributed by atoms with Gasteiger partial charge in [-0.25, -0.2) is 9.18 Å². The third-order valence-electron chi connectivity index (χ3n) is 2.86. The van der Waals surface area contributed by atoms with Gasteiger partial charge >= 0.3 is 5.97 Å². The van der Waals surface area contributed by atoms with Crippen LogP contribution in [0.4, 0.5) is 4.39 Å². The first-order chi connectivity index (χ1) is 9.10. The van der Waals surface area contributed by atoms with Gasteiger partial charge in [0.2, 0.25) is 0 Å². The second-order valence-corrected chi connectivity index (χ2v) is 4.23. The van der Waals surface area contributed by atoms with Crippen molar-refractivity contribution < 1.29 is 28.5 Å². The fourth-order valence-electron chi connectivity index (χ4n) is 1.79. The van der Waals surface area contributed by atoms with Crippen LogP contribution in [0.5, 0.6) is 5.75 Å². The Bertz CT molecular complexity index is 423. The topological polar surface area (TPSA) is 65.0 Å². The number of methoxy groups -OCH3 is 1. The molecule has 0 radical (unpaired) electrons. The molecule has 1 aromatic rings. The van der Waals surface area contributed by atoms with E-state index in [1.807, 2.05) is 0 Å². The standard InChI is InChI=1S/C13H15FO5/c1-17-9-4-2-8(3-5-9)12(15)18-7-10-6-11(14)13(16)19-10/h2-5,10-11,13,16H,6-7H2,1H3. The maximum absolute atomic E-state index is 13.0. The first-order valence-electron chi connectivity index (χ1n) is 5.89. The SMILES string of the molecule is COc1ccc(C(=O)OCC2CC(F)C(O)O2)cc1. The number of aliphatic hydroxyl groups is 1. The van der Waals surface area contributed by atoms with Crippen LogP contribution < -0.4 is 4.74 Å². The normalized spacial score (nSPS) is 26.2. The van der Waals surface area contributed by atoms with Gasteiger partial charge in [-0.3, -0.25) is 0 Å². The summed E-state index contributed by atoms with van der Waals surface area (Å²) in [6, 6.07) is 6.43. The highest BCUT2D eigenvalue weighted by atomic mass is 19.1. The van der Waals surface area contributed by atoms with E-state index in [1.165, 1.54) is 7.11 Å². The Hall–Kier alpha value is -1.66. The van der Waals surface area contributed by atoms with Gasteiger partial charge < -0.3 is 19.3 Å². The zero-order valence-electron chi connectivity index (χ0n) is 10.4. The Morgan fingerprint density at radius 1 is 1.47 bits per heavy atom. The zero-order valence-corrected chi connectivity index (χ0v) is 10.4. The van der Waals surface area contributed by atoms with Crippen LogP contribution in [0.2, 0.25) is 0 Å². The number of halogens is 1.